The van der Waals surface area contributed by atoms with E-state index < -0.39 is 12.1 Å². The molecule has 2 saturated heterocycles. The monoisotopic (exact) mass is 352 g/mol. The highest BCUT2D eigenvalue weighted by Crippen LogP contribution is 2.27. The highest BCUT2D eigenvalue weighted by atomic mass is 16.6. The number of hydrogen-bond donors (Lipinski definition) is 0. The lowest BCUT2D eigenvalue weighted by molar-refractivity contribution is -0.147. The van der Waals surface area contributed by atoms with E-state index in [1.807, 2.05) is 24.3 Å². The fourth-order valence-electron chi connectivity index (χ4n) is 3.15. The second-order valence-corrected chi connectivity index (χ2v) is 6.55. The SMILES string of the molecule is N#CC(OC(=O)CC1CO1)c1ccc2cc(N3CCOCC3)ccc2c1. The Labute approximate surface area is 151 Å². The standard InChI is InChI=1S/C20H20N2O4/c21-12-19(26-20(23)11-18-13-25-18)16-2-1-15-10-17(4-3-14(15)9-16)22-5-7-24-8-6-22/h1-4,9-10,18-19H,5-8,11,13H2. The lowest BCUT2D eigenvalue weighted by atomic mass is 10.0. The van der Waals surface area contributed by atoms with Gasteiger partial charge in [0.05, 0.1) is 32.3 Å². The highest BCUT2D eigenvalue weighted by molar-refractivity contribution is 5.86. The Kier molecular flexibility index (Phi) is 4.74. The predicted molar refractivity (Wildman–Crippen MR) is 95.8 cm³/mol. The fourth-order valence-corrected chi connectivity index (χ4v) is 3.15. The first-order chi connectivity index (χ1) is 12.7. The number of fused-ring (bicyclic) bond motifs is 1. The molecule has 6 heteroatoms. The quantitative estimate of drug-likeness (QED) is 0.608. The van der Waals surface area contributed by atoms with E-state index in [1.54, 1.807) is 0 Å². The average molecular weight is 352 g/mol. The summed E-state index contributed by atoms with van der Waals surface area (Å²) in [5.41, 5.74) is 1.85. The summed E-state index contributed by atoms with van der Waals surface area (Å²) < 4.78 is 15.7. The number of anilines is 1. The zero-order chi connectivity index (χ0) is 17.9. The van der Waals surface area contributed by atoms with Crippen LogP contribution in [0.4, 0.5) is 5.69 Å². The summed E-state index contributed by atoms with van der Waals surface area (Å²) in [6.45, 7) is 3.87. The van der Waals surface area contributed by atoms with E-state index in [2.05, 4.69) is 23.1 Å². The number of benzene rings is 2. The van der Waals surface area contributed by atoms with E-state index >= 15 is 0 Å². The molecule has 2 aromatic rings. The highest BCUT2D eigenvalue weighted by Gasteiger charge is 2.28. The molecular formula is C20H20N2O4. The largest absolute Gasteiger partial charge is 0.442 e. The van der Waals surface area contributed by atoms with Crippen molar-refractivity contribution in [2.24, 2.45) is 0 Å². The van der Waals surface area contributed by atoms with Gasteiger partial charge in [-0.2, -0.15) is 5.26 Å². The maximum Gasteiger partial charge on any atom is 0.310 e. The number of epoxide rings is 1. The van der Waals surface area contributed by atoms with Crippen LogP contribution in [0.1, 0.15) is 18.1 Å². The summed E-state index contributed by atoms with van der Waals surface area (Å²) in [6.07, 6.45) is -0.740. The number of morpholine rings is 1. The lowest BCUT2D eigenvalue weighted by Gasteiger charge is -2.29. The molecule has 2 atom stereocenters. The van der Waals surface area contributed by atoms with Gasteiger partial charge in [-0.25, -0.2) is 0 Å². The summed E-state index contributed by atoms with van der Waals surface area (Å²) in [6, 6.07) is 14.1. The smallest absolute Gasteiger partial charge is 0.310 e. The Bertz CT molecular complexity index is 851. The molecule has 2 aliphatic heterocycles. The van der Waals surface area contributed by atoms with Crippen molar-refractivity contribution in [1.82, 2.24) is 0 Å². The number of esters is 1. The third-order valence-electron chi connectivity index (χ3n) is 4.69. The number of nitrogens with zero attached hydrogens (tertiary/aromatic N) is 2. The maximum absolute atomic E-state index is 11.9. The molecule has 134 valence electrons. The van der Waals surface area contributed by atoms with Crippen LogP contribution in [0.2, 0.25) is 0 Å². The number of nitriles is 1. The van der Waals surface area contributed by atoms with Gasteiger partial charge in [-0.15, -0.1) is 0 Å². The van der Waals surface area contributed by atoms with Crippen molar-refractivity contribution in [1.29, 1.82) is 5.26 Å². The van der Waals surface area contributed by atoms with Crippen molar-refractivity contribution in [3.05, 3.63) is 42.0 Å². The Hall–Kier alpha value is -2.62. The van der Waals surface area contributed by atoms with Gasteiger partial charge in [0, 0.05) is 24.3 Å². The van der Waals surface area contributed by atoms with Crippen LogP contribution in [0.3, 0.4) is 0 Å². The normalized spacial score (nSPS) is 20.4. The van der Waals surface area contributed by atoms with Crippen molar-refractivity contribution in [2.75, 3.05) is 37.8 Å². The molecule has 0 amide bonds. The molecule has 0 N–H and O–H groups in total. The van der Waals surface area contributed by atoms with E-state index in [0.29, 0.717) is 12.2 Å². The Morgan fingerprint density at radius 1 is 1.23 bits per heavy atom. The number of rotatable bonds is 5. The van der Waals surface area contributed by atoms with Crippen LogP contribution in [0, 0.1) is 11.3 Å². The molecular weight excluding hydrogens is 332 g/mol. The molecule has 0 radical (unpaired) electrons. The second-order valence-electron chi connectivity index (χ2n) is 6.55. The van der Waals surface area contributed by atoms with Crippen LogP contribution in [0.5, 0.6) is 0 Å². The molecule has 2 heterocycles. The summed E-state index contributed by atoms with van der Waals surface area (Å²) in [5.74, 6) is -0.401. The molecule has 0 aliphatic carbocycles. The number of carbonyl (C=O) groups is 1. The van der Waals surface area contributed by atoms with Gasteiger partial charge in [0.25, 0.3) is 0 Å². The van der Waals surface area contributed by atoms with Gasteiger partial charge >= 0.3 is 5.97 Å². The third-order valence-corrected chi connectivity index (χ3v) is 4.69. The fraction of sp³-hybridized carbons (Fsp3) is 0.400. The summed E-state index contributed by atoms with van der Waals surface area (Å²) >= 11 is 0. The molecule has 0 spiro atoms. The minimum atomic E-state index is -0.899. The minimum Gasteiger partial charge on any atom is -0.442 e. The van der Waals surface area contributed by atoms with E-state index in [1.165, 1.54) is 5.69 Å². The van der Waals surface area contributed by atoms with E-state index in [9.17, 15) is 10.1 Å². The molecule has 2 aromatic carbocycles. The van der Waals surface area contributed by atoms with Crippen molar-refractivity contribution < 1.29 is 19.0 Å². The number of hydrogen-bond acceptors (Lipinski definition) is 6. The Morgan fingerprint density at radius 3 is 2.69 bits per heavy atom. The Balaban J connectivity index is 1.52. The minimum absolute atomic E-state index is 0.0444. The molecule has 0 aromatic heterocycles. The predicted octanol–water partition coefficient (Wildman–Crippen LogP) is 2.57. The third kappa shape index (κ3) is 3.79. The second kappa shape index (κ2) is 7.32. The van der Waals surface area contributed by atoms with Gasteiger partial charge in [-0.3, -0.25) is 4.79 Å². The van der Waals surface area contributed by atoms with Gasteiger partial charge in [0.2, 0.25) is 6.10 Å². The molecule has 4 rings (SSSR count). The van der Waals surface area contributed by atoms with Gasteiger partial charge in [-0.05, 0) is 29.0 Å². The lowest BCUT2D eigenvalue weighted by Crippen LogP contribution is -2.36. The molecule has 0 saturated carbocycles. The van der Waals surface area contributed by atoms with Crippen LogP contribution in [0.15, 0.2) is 36.4 Å². The Morgan fingerprint density at radius 2 is 1.96 bits per heavy atom. The maximum atomic E-state index is 11.9. The van der Waals surface area contributed by atoms with Gasteiger partial charge in [0.15, 0.2) is 0 Å². The van der Waals surface area contributed by atoms with Crippen molar-refractivity contribution in [3.63, 3.8) is 0 Å². The first kappa shape index (κ1) is 16.8. The molecule has 2 unspecified atom stereocenters. The van der Waals surface area contributed by atoms with E-state index in [4.69, 9.17) is 14.2 Å². The summed E-state index contributed by atoms with van der Waals surface area (Å²) in [4.78, 5) is 14.2. The average Bonchev–Trinajstić information content (AvgIpc) is 3.50. The van der Waals surface area contributed by atoms with Gasteiger partial charge in [-0.1, -0.05) is 18.2 Å². The molecule has 0 bridgehead atoms. The number of carbonyl (C=O) groups excluding carboxylic acids is 1. The first-order valence-corrected chi connectivity index (χ1v) is 8.80. The van der Waals surface area contributed by atoms with Crippen molar-refractivity contribution in [2.45, 2.75) is 18.6 Å². The van der Waals surface area contributed by atoms with E-state index in [0.717, 1.165) is 37.1 Å². The van der Waals surface area contributed by atoms with Gasteiger partial charge < -0.3 is 19.1 Å². The number of ether oxygens (including phenoxy) is 3. The molecule has 26 heavy (non-hydrogen) atoms. The first-order valence-electron chi connectivity index (χ1n) is 8.80. The van der Waals surface area contributed by atoms with Crippen LogP contribution < -0.4 is 4.90 Å². The van der Waals surface area contributed by atoms with Crippen molar-refractivity contribution in [3.8, 4) is 6.07 Å². The molecule has 2 fully saturated rings. The molecule has 6 nitrogen and oxygen atoms in total. The van der Waals surface area contributed by atoms with Crippen molar-refractivity contribution >= 4 is 22.4 Å². The topological polar surface area (TPSA) is 75.1 Å². The van der Waals surface area contributed by atoms with Crippen LogP contribution in [-0.2, 0) is 19.0 Å². The zero-order valence-corrected chi connectivity index (χ0v) is 14.4. The molecule has 2 aliphatic rings. The van der Waals surface area contributed by atoms with Gasteiger partial charge in [0.1, 0.15) is 6.07 Å². The van der Waals surface area contributed by atoms with E-state index in [-0.39, 0.29) is 12.5 Å². The summed E-state index contributed by atoms with van der Waals surface area (Å²) in [7, 11) is 0. The van der Waals surface area contributed by atoms with Crippen LogP contribution in [-0.4, -0.2) is 45.0 Å². The van der Waals surface area contributed by atoms with Crippen LogP contribution in [0.25, 0.3) is 10.8 Å². The summed E-state index contributed by atoms with van der Waals surface area (Å²) in [5, 5.41) is 11.5. The zero-order valence-electron chi connectivity index (χ0n) is 14.4. The van der Waals surface area contributed by atoms with Crippen LogP contribution >= 0.6 is 0 Å².